The highest BCUT2D eigenvalue weighted by Crippen LogP contribution is 2.24. The van der Waals surface area contributed by atoms with E-state index in [1.54, 1.807) is 6.07 Å². The molecule has 1 aliphatic rings. The second-order valence-electron chi connectivity index (χ2n) is 3.93. The van der Waals surface area contributed by atoms with Crippen molar-refractivity contribution < 1.29 is 9.53 Å². The first kappa shape index (κ1) is 12.1. The summed E-state index contributed by atoms with van der Waals surface area (Å²) in [6.07, 6.45) is 4.25. The molecular weight excluding hydrogens is 242 g/mol. The molecule has 0 aliphatic carbocycles. The van der Waals surface area contributed by atoms with Crippen LogP contribution >= 0.6 is 11.6 Å². The summed E-state index contributed by atoms with van der Waals surface area (Å²) in [5.41, 5.74) is 0. The topological polar surface area (TPSA) is 55.3 Å². The third-order valence-electron chi connectivity index (χ3n) is 2.89. The van der Waals surface area contributed by atoms with Gasteiger partial charge < -0.3 is 9.64 Å². The predicted octanol–water partition coefficient (Wildman–Crippen LogP) is 1.66. The van der Waals surface area contributed by atoms with E-state index in [0.29, 0.717) is 11.0 Å². The molecule has 1 fully saturated rings. The van der Waals surface area contributed by atoms with E-state index in [-0.39, 0.29) is 12.0 Å². The van der Waals surface area contributed by atoms with E-state index >= 15 is 0 Å². The van der Waals surface area contributed by atoms with Gasteiger partial charge in [-0.25, -0.2) is 14.8 Å². The highest BCUT2D eigenvalue weighted by atomic mass is 35.5. The van der Waals surface area contributed by atoms with Gasteiger partial charge in [-0.1, -0.05) is 11.6 Å². The van der Waals surface area contributed by atoms with E-state index in [4.69, 9.17) is 16.3 Å². The molecule has 5 nitrogen and oxygen atoms in total. The number of piperidine rings is 1. The maximum absolute atomic E-state index is 11.7. The molecule has 0 bridgehead atoms. The Morgan fingerprint density at radius 3 is 3.06 bits per heavy atom. The van der Waals surface area contributed by atoms with Crippen LogP contribution in [0.1, 0.15) is 19.3 Å². The summed E-state index contributed by atoms with van der Waals surface area (Å²) in [5, 5.41) is 0.379. The largest absolute Gasteiger partial charge is 0.467 e. The Morgan fingerprint density at radius 2 is 2.35 bits per heavy atom. The van der Waals surface area contributed by atoms with Crippen LogP contribution in [0.5, 0.6) is 0 Å². The number of ether oxygens (including phenoxy) is 1. The molecular formula is C11H14ClN3O2. The van der Waals surface area contributed by atoms with Crippen molar-refractivity contribution in [3.63, 3.8) is 0 Å². The van der Waals surface area contributed by atoms with Crippen LogP contribution in [0.2, 0.25) is 5.15 Å². The van der Waals surface area contributed by atoms with Crippen LogP contribution in [-0.2, 0) is 9.53 Å². The minimum Gasteiger partial charge on any atom is -0.467 e. The van der Waals surface area contributed by atoms with Crippen LogP contribution in [0.25, 0.3) is 0 Å². The Balaban J connectivity index is 2.24. The van der Waals surface area contributed by atoms with E-state index in [1.807, 2.05) is 4.90 Å². The van der Waals surface area contributed by atoms with Crippen molar-refractivity contribution in [1.29, 1.82) is 0 Å². The number of aromatic nitrogens is 2. The molecule has 2 heterocycles. The van der Waals surface area contributed by atoms with Gasteiger partial charge in [0, 0.05) is 12.6 Å². The van der Waals surface area contributed by atoms with Crippen LogP contribution in [0.15, 0.2) is 12.4 Å². The lowest BCUT2D eigenvalue weighted by Gasteiger charge is -2.34. The van der Waals surface area contributed by atoms with Gasteiger partial charge in [0.2, 0.25) is 0 Å². The molecule has 1 atom stereocenters. The highest BCUT2D eigenvalue weighted by molar-refractivity contribution is 6.29. The summed E-state index contributed by atoms with van der Waals surface area (Å²) in [6.45, 7) is 0.785. The number of halogens is 1. The number of hydrogen-bond donors (Lipinski definition) is 0. The zero-order chi connectivity index (χ0) is 12.3. The number of carbonyl (C=O) groups excluding carboxylic acids is 1. The van der Waals surface area contributed by atoms with E-state index < -0.39 is 0 Å². The van der Waals surface area contributed by atoms with Crippen molar-refractivity contribution in [2.45, 2.75) is 25.3 Å². The smallest absolute Gasteiger partial charge is 0.328 e. The van der Waals surface area contributed by atoms with Gasteiger partial charge in [-0.2, -0.15) is 0 Å². The Morgan fingerprint density at radius 1 is 1.53 bits per heavy atom. The zero-order valence-electron chi connectivity index (χ0n) is 9.60. The standard InChI is InChI=1S/C11H14ClN3O2/c1-17-11(16)8-4-2-3-5-15(8)10-6-9(12)13-7-14-10/h6-8H,2-5H2,1H3/t8-/m1/s1. The molecule has 1 aliphatic heterocycles. The average Bonchev–Trinajstić information content (AvgIpc) is 2.38. The van der Waals surface area contributed by atoms with Gasteiger partial charge in [0.1, 0.15) is 23.3 Å². The second kappa shape index (κ2) is 5.31. The molecule has 1 aromatic rings. The third kappa shape index (κ3) is 2.66. The van der Waals surface area contributed by atoms with E-state index in [2.05, 4.69) is 9.97 Å². The molecule has 1 aromatic heterocycles. The molecule has 0 amide bonds. The molecule has 0 N–H and O–H groups in total. The molecule has 0 unspecified atom stereocenters. The Bertz CT molecular complexity index is 413. The fourth-order valence-electron chi connectivity index (χ4n) is 2.07. The first-order chi connectivity index (χ1) is 8.22. The number of rotatable bonds is 2. The third-order valence-corrected chi connectivity index (χ3v) is 3.10. The highest BCUT2D eigenvalue weighted by Gasteiger charge is 2.30. The van der Waals surface area contributed by atoms with E-state index in [0.717, 1.165) is 25.8 Å². The first-order valence-electron chi connectivity index (χ1n) is 5.54. The maximum atomic E-state index is 11.7. The van der Waals surface area contributed by atoms with Crippen LogP contribution in [-0.4, -0.2) is 35.6 Å². The molecule has 0 radical (unpaired) electrons. The Kier molecular flexibility index (Phi) is 3.78. The summed E-state index contributed by atoms with van der Waals surface area (Å²) in [5.74, 6) is 0.458. The van der Waals surface area contributed by atoms with Crippen molar-refractivity contribution >= 4 is 23.4 Å². The average molecular weight is 256 g/mol. The van der Waals surface area contributed by atoms with Crippen LogP contribution in [0.4, 0.5) is 5.82 Å². The zero-order valence-corrected chi connectivity index (χ0v) is 10.4. The number of nitrogens with zero attached hydrogens (tertiary/aromatic N) is 3. The molecule has 17 heavy (non-hydrogen) atoms. The van der Waals surface area contributed by atoms with Crippen molar-refractivity contribution in [3.05, 3.63) is 17.5 Å². The van der Waals surface area contributed by atoms with Gasteiger partial charge in [0.05, 0.1) is 7.11 Å². The fourth-order valence-corrected chi connectivity index (χ4v) is 2.21. The van der Waals surface area contributed by atoms with Gasteiger partial charge in [-0.3, -0.25) is 0 Å². The molecule has 0 spiro atoms. The quantitative estimate of drug-likeness (QED) is 0.594. The molecule has 2 rings (SSSR count). The molecule has 0 aromatic carbocycles. The normalized spacial score (nSPS) is 20.1. The monoisotopic (exact) mass is 255 g/mol. The van der Waals surface area contributed by atoms with Gasteiger partial charge in [0.25, 0.3) is 0 Å². The van der Waals surface area contributed by atoms with Crippen molar-refractivity contribution in [1.82, 2.24) is 9.97 Å². The lowest BCUT2D eigenvalue weighted by molar-refractivity contribution is -0.142. The molecule has 1 saturated heterocycles. The van der Waals surface area contributed by atoms with Gasteiger partial charge in [0.15, 0.2) is 0 Å². The van der Waals surface area contributed by atoms with Crippen LogP contribution in [0.3, 0.4) is 0 Å². The predicted molar refractivity (Wildman–Crippen MR) is 64.0 cm³/mol. The van der Waals surface area contributed by atoms with Crippen LogP contribution < -0.4 is 4.90 Å². The fraction of sp³-hybridized carbons (Fsp3) is 0.545. The summed E-state index contributed by atoms with van der Waals surface area (Å²) in [4.78, 5) is 21.6. The first-order valence-corrected chi connectivity index (χ1v) is 5.92. The minimum atomic E-state index is -0.264. The van der Waals surface area contributed by atoms with Gasteiger partial charge in [-0.05, 0) is 19.3 Å². The van der Waals surface area contributed by atoms with E-state index in [1.165, 1.54) is 13.4 Å². The van der Waals surface area contributed by atoms with Crippen molar-refractivity contribution in [2.75, 3.05) is 18.6 Å². The van der Waals surface area contributed by atoms with Crippen molar-refractivity contribution in [3.8, 4) is 0 Å². The number of anilines is 1. The number of hydrogen-bond acceptors (Lipinski definition) is 5. The van der Waals surface area contributed by atoms with E-state index in [9.17, 15) is 4.79 Å². The van der Waals surface area contributed by atoms with Crippen molar-refractivity contribution in [2.24, 2.45) is 0 Å². The molecule has 0 saturated carbocycles. The Labute approximate surface area is 105 Å². The number of carbonyl (C=O) groups is 1. The summed E-state index contributed by atoms with van der Waals surface area (Å²) in [7, 11) is 1.40. The van der Waals surface area contributed by atoms with Crippen LogP contribution in [0, 0.1) is 0 Å². The number of methoxy groups -OCH3 is 1. The lowest BCUT2D eigenvalue weighted by Crippen LogP contribution is -2.45. The maximum Gasteiger partial charge on any atom is 0.328 e. The Hall–Kier alpha value is -1.36. The second-order valence-corrected chi connectivity index (χ2v) is 4.31. The lowest BCUT2D eigenvalue weighted by atomic mass is 10.0. The molecule has 92 valence electrons. The van der Waals surface area contributed by atoms with Gasteiger partial charge >= 0.3 is 5.97 Å². The SMILES string of the molecule is COC(=O)[C@H]1CCCCN1c1cc(Cl)ncn1. The molecule has 6 heteroatoms. The summed E-state index contributed by atoms with van der Waals surface area (Å²) < 4.78 is 4.81. The van der Waals surface area contributed by atoms with Gasteiger partial charge in [-0.15, -0.1) is 0 Å². The summed E-state index contributed by atoms with van der Waals surface area (Å²) >= 11 is 5.83. The minimum absolute atomic E-state index is 0.223. The number of esters is 1. The summed E-state index contributed by atoms with van der Waals surface area (Å²) in [6, 6.07) is 1.41.